The molecule has 0 aliphatic carbocycles. The number of hydrogen-bond acceptors (Lipinski definition) is 3. The van der Waals surface area contributed by atoms with E-state index in [4.69, 9.17) is 5.11 Å². The molecule has 0 aromatic heterocycles. The van der Waals surface area contributed by atoms with Crippen LogP contribution >= 0.6 is 11.8 Å². The monoisotopic (exact) mass is 288 g/mol. The van der Waals surface area contributed by atoms with Gasteiger partial charge in [-0.15, -0.1) is 11.8 Å². The van der Waals surface area contributed by atoms with Gasteiger partial charge < -0.3 is 14.9 Å². The predicted octanol–water partition coefficient (Wildman–Crippen LogP) is 2.47. The molecule has 110 valence electrons. The third kappa shape index (κ3) is 4.30. The van der Waals surface area contributed by atoms with Crippen LogP contribution in [-0.2, 0) is 4.79 Å². The maximum atomic E-state index is 12.5. The van der Waals surface area contributed by atoms with Gasteiger partial charge in [-0.3, -0.25) is 0 Å². The van der Waals surface area contributed by atoms with Crippen molar-refractivity contribution in [2.24, 2.45) is 0 Å². The Morgan fingerprint density at radius 2 is 2.11 bits per heavy atom. The van der Waals surface area contributed by atoms with Gasteiger partial charge in [0.15, 0.2) is 0 Å². The van der Waals surface area contributed by atoms with Crippen molar-refractivity contribution in [1.82, 2.24) is 9.80 Å². The van der Waals surface area contributed by atoms with Crippen LogP contribution in [0.1, 0.15) is 40.0 Å². The number of rotatable bonds is 6. The zero-order chi connectivity index (χ0) is 14.4. The number of hydrogen-bond donors (Lipinski definition) is 1. The van der Waals surface area contributed by atoms with Crippen LogP contribution in [0.2, 0.25) is 0 Å². The molecule has 0 aromatic rings. The smallest absolute Gasteiger partial charge is 0.327 e. The highest BCUT2D eigenvalue weighted by Crippen LogP contribution is 2.23. The van der Waals surface area contributed by atoms with Gasteiger partial charge in [-0.05, 0) is 20.3 Å². The van der Waals surface area contributed by atoms with Crippen molar-refractivity contribution in [1.29, 1.82) is 0 Å². The molecule has 1 heterocycles. The second kappa shape index (κ2) is 7.62. The van der Waals surface area contributed by atoms with E-state index in [2.05, 4.69) is 6.92 Å². The lowest BCUT2D eigenvalue weighted by Crippen LogP contribution is -2.51. The molecule has 2 amide bonds. The second-order valence-corrected chi connectivity index (χ2v) is 6.10. The number of amides is 2. The van der Waals surface area contributed by atoms with Crippen molar-refractivity contribution in [2.45, 2.75) is 52.1 Å². The largest absolute Gasteiger partial charge is 0.480 e. The zero-order valence-corrected chi connectivity index (χ0v) is 12.8. The Balaban J connectivity index is 2.67. The Hall–Kier alpha value is -0.910. The molecule has 1 unspecified atom stereocenters. The highest BCUT2D eigenvalue weighted by Gasteiger charge is 2.37. The normalized spacial score (nSPS) is 18.9. The summed E-state index contributed by atoms with van der Waals surface area (Å²) in [5.41, 5.74) is 0. The first-order chi connectivity index (χ1) is 8.99. The lowest BCUT2D eigenvalue weighted by atomic mass is 10.2. The molecule has 1 aliphatic heterocycles. The van der Waals surface area contributed by atoms with Crippen molar-refractivity contribution >= 4 is 23.8 Å². The lowest BCUT2D eigenvalue weighted by Gasteiger charge is -2.32. The summed E-state index contributed by atoms with van der Waals surface area (Å²) < 4.78 is 0. The minimum absolute atomic E-state index is 0.101. The zero-order valence-electron chi connectivity index (χ0n) is 12.0. The number of carbonyl (C=O) groups is 2. The van der Waals surface area contributed by atoms with Crippen molar-refractivity contribution in [3.63, 3.8) is 0 Å². The second-order valence-electron chi connectivity index (χ2n) is 5.10. The summed E-state index contributed by atoms with van der Waals surface area (Å²) in [4.78, 5) is 26.9. The molecule has 1 N–H and O–H groups in total. The molecule has 0 bridgehead atoms. The van der Waals surface area contributed by atoms with Crippen LogP contribution in [0.4, 0.5) is 4.79 Å². The SMILES string of the molecule is CCCCCN(C(=O)N1CSCC1C(=O)O)C(C)C. The maximum Gasteiger partial charge on any atom is 0.327 e. The molecule has 6 heteroatoms. The molecule has 1 saturated heterocycles. The van der Waals surface area contributed by atoms with Crippen LogP contribution < -0.4 is 0 Å². The van der Waals surface area contributed by atoms with E-state index in [0.29, 0.717) is 18.2 Å². The standard InChI is InChI=1S/C13H24N2O3S/c1-4-5-6-7-14(10(2)3)13(18)15-9-19-8-11(15)12(16)17/h10-11H,4-9H2,1-3H3,(H,16,17). The van der Waals surface area contributed by atoms with E-state index in [1.807, 2.05) is 13.8 Å². The average Bonchev–Trinajstić information content (AvgIpc) is 2.82. The third-order valence-corrected chi connectivity index (χ3v) is 4.30. The predicted molar refractivity (Wildman–Crippen MR) is 77.4 cm³/mol. The third-order valence-electron chi connectivity index (χ3n) is 3.28. The fourth-order valence-electron chi connectivity index (χ4n) is 2.11. The van der Waals surface area contributed by atoms with E-state index in [1.165, 1.54) is 16.7 Å². The highest BCUT2D eigenvalue weighted by molar-refractivity contribution is 7.99. The van der Waals surface area contributed by atoms with Gasteiger partial charge in [-0.2, -0.15) is 0 Å². The topological polar surface area (TPSA) is 60.9 Å². The number of carboxylic acids is 1. The molecule has 1 atom stereocenters. The number of urea groups is 1. The van der Waals surface area contributed by atoms with Gasteiger partial charge in [0.25, 0.3) is 0 Å². The van der Waals surface area contributed by atoms with Crippen molar-refractivity contribution in [3.8, 4) is 0 Å². The average molecular weight is 288 g/mol. The van der Waals surface area contributed by atoms with E-state index in [1.54, 1.807) is 4.90 Å². The summed E-state index contributed by atoms with van der Waals surface area (Å²) in [6.45, 7) is 6.78. The highest BCUT2D eigenvalue weighted by atomic mass is 32.2. The molecule has 0 saturated carbocycles. The molecule has 0 spiro atoms. The fraction of sp³-hybridized carbons (Fsp3) is 0.846. The first-order valence-electron chi connectivity index (χ1n) is 6.86. The van der Waals surface area contributed by atoms with E-state index >= 15 is 0 Å². The number of aliphatic carboxylic acids is 1. The Labute approximate surface area is 119 Å². The van der Waals surface area contributed by atoms with E-state index in [0.717, 1.165) is 19.3 Å². The van der Waals surface area contributed by atoms with Crippen LogP contribution in [-0.4, -0.2) is 57.2 Å². The summed E-state index contributed by atoms with van der Waals surface area (Å²) in [5.74, 6) is 0.0602. The van der Waals surface area contributed by atoms with Crippen LogP contribution in [0.15, 0.2) is 0 Å². The van der Waals surface area contributed by atoms with Gasteiger partial charge in [0, 0.05) is 18.3 Å². The Kier molecular flexibility index (Phi) is 6.48. The van der Waals surface area contributed by atoms with Crippen LogP contribution in [0.25, 0.3) is 0 Å². The van der Waals surface area contributed by atoms with Crippen LogP contribution in [0.5, 0.6) is 0 Å². The minimum Gasteiger partial charge on any atom is -0.480 e. The first-order valence-corrected chi connectivity index (χ1v) is 8.02. The molecule has 0 aromatic carbocycles. The summed E-state index contributed by atoms with van der Waals surface area (Å²) >= 11 is 1.50. The summed E-state index contributed by atoms with van der Waals surface area (Å²) in [5, 5.41) is 9.14. The lowest BCUT2D eigenvalue weighted by molar-refractivity contribution is -0.141. The number of unbranched alkanes of at least 4 members (excludes halogenated alkanes) is 2. The van der Waals surface area contributed by atoms with Gasteiger partial charge in [-0.25, -0.2) is 9.59 Å². The summed E-state index contributed by atoms with van der Waals surface area (Å²) in [7, 11) is 0. The molecule has 0 radical (unpaired) electrons. The van der Waals surface area contributed by atoms with Crippen LogP contribution in [0, 0.1) is 0 Å². The van der Waals surface area contributed by atoms with E-state index in [-0.39, 0.29) is 12.1 Å². The molecule has 1 fully saturated rings. The number of thioether (sulfide) groups is 1. The Morgan fingerprint density at radius 1 is 1.42 bits per heavy atom. The van der Waals surface area contributed by atoms with E-state index < -0.39 is 12.0 Å². The van der Waals surface area contributed by atoms with Crippen LogP contribution in [0.3, 0.4) is 0 Å². The quantitative estimate of drug-likeness (QED) is 0.763. The van der Waals surface area contributed by atoms with Gasteiger partial charge in [0.1, 0.15) is 6.04 Å². The molecule has 1 rings (SSSR count). The Morgan fingerprint density at radius 3 is 2.63 bits per heavy atom. The van der Waals surface area contributed by atoms with Gasteiger partial charge in [0.05, 0.1) is 5.88 Å². The molecule has 1 aliphatic rings. The Bertz CT molecular complexity index is 323. The summed E-state index contributed by atoms with van der Waals surface area (Å²) in [6, 6.07) is -0.710. The minimum atomic E-state index is -0.907. The van der Waals surface area contributed by atoms with Crippen molar-refractivity contribution < 1.29 is 14.7 Å². The van der Waals surface area contributed by atoms with Crippen molar-refractivity contribution in [3.05, 3.63) is 0 Å². The maximum absolute atomic E-state index is 12.5. The van der Waals surface area contributed by atoms with E-state index in [9.17, 15) is 9.59 Å². The molecular formula is C13H24N2O3S. The first kappa shape index (κ1) is 16.1. The number of carbonyl (C=O) groups excluding carboxylic acids is 1. The molecular weight excluding hydrogens is 264 g/mol. The number of nitrogens with zero attached hydrogens (tertiary/aromatic N) is 2. The molecule has 5 nitrogen and oxygen atoms in total. The molecule has 19 heavy (non-hydrogen) atoms. The summed E-state index contributed by atoms with van der Waals surface area (Å²) in [6.07, 6.45) is 3.17. The number of carboxylic acid groups (broad SMARTS) is 1. The van der Waals surface area contributed by atoms with Gasteiger partial charge >= 0.3 is 12.0 Å². The van der Waals surface area contributed by atoms with Gasteiger partial charge in [-0.1, -0.05) is 19.8 Å². The fourth-order valence-corrected chi connectivity index (χ4v) is 3.25. The van der Waals surface area contributed by atoms with Gasteiger partial charge in [0.2, 0.25) is 0 Å². The van der Waals surface area contributed by atoms with Crippen molar-refractivity contribution in [2.75, 3.05) is 18.2 Å².